The van der Waals surface area contributed by atoms with E-state index in [4.69, 9.17) is 0 Å². The molecule has 0 aromatic rings. The van der Waals surface area contributed by atoms with E-state index in [1.54, 1.807) is 0 Å². The van der Waals surface area contributed by atoms with Crippen LogP contribution in [0.15, 0.2) is 0 Å². The molecule has 0 aliphatic heterocycles. The van der Waals surface area contributed by atoms with Gasteiger partial charge in [-0.15, -0.1) is 0 Å². The van der Waals surface area contributed by atoms with Gasteiger partial charge in [0, 0.05) is 28.1 Å². The van der Waals surface area contributed by atoms with Gasteiger partial charge in [-0.2, -0.15) is 0 Å². The van der Waals surface area contributed by atoms with Crippen molar-refractivity contribution in [3.63, 3.8) is 0 Å². The van der Waals surface area contributed by atoms with Crippen LogP contribution in [0.25, 0.3) is 0 Å². The fraction of sp³-hybridized carbons (Fsp3) is 0.793. The van der Waals surface area contributed by atoms with Crippen LogP contribution in [0.5, 0.6) is 0 Å². The van der Waals surface area contributed by atoms with Crippen molar-refractivity contribution in [2.75, 3.05) is 60.8 Å². The maximum absolute atomic E-state index is 11.1. The highest BCUT2D eigenvalue weighted by atomic mass is 16.7. The molecular weight excluding hydrogens is 596 g/mol. The normalized spacial score (nSPS) is 6.76. The van der Waals surface area contributed by atoms with Gasteiger partial charge in [-0.05, 0) is 0 Å². The molecule has 0 fully saturated rings. The van der Waals surface area contributed by atoms with Crippen LogP contribution in [-0.2, 0) is 47.6 Å². The molecule has 0 aliphatic carbocycles. The molecule has 0 unspecified atom stereocenters. The molecule has 0 bridgehead atoms. The van der Waals surface area contributed by atoms with Crippen molar-refractivity contribution in [2.45, 2.75) is 103 Å². The highest BCUT2D eigenvalue weighted by Gasteiger charge is 2.09. The number of methoxy groups -OCH3 is 2. The number of ether oxygens (including phenoxy) is 6. The summed E-state index contributed by atoms with van der Waals surface area (Å²) in [5.74, 6) is -1.92. The van der Waals surface area contributed by atoms with Gasteiger partial charge in [0.2, 0.25) is 11.8 Å². The lowest BCUT2D eigenvalue weighted by molar-refractivity contribution is -0.156. The van der Waals surface area contributed by atoms with Gasteiger partial charge in [-0.25, -0.2) is 19.2 Å². The highest BCUT2D eigenvalue weighted by Crippen LogP contribution is 1.86. The summed E-state index contributed by atoms with van der Waals surface area (Å²) in [6, 6.07) is 0. The van der Waals surface area contributed by atoms with Crippen LogP contribution in [0, 0.1) is 0 Å². The Hall–Kier alpha value is -3.66. The largest absolute Gasteiger partial charge is 0.460 e. The zero-order chi connectivity index (χ0) is 25.5. The first kappa shape index (κ1) is 90.0. The highest BCUT2D eigenvalue weighted by molar-refractivity contribution is 5.76. The number of rotatable bonds is 13. The molecule has 0 atom stereocenters. The van der Waals surface area contributed by atoms with Crippen LogP contribution in [0.1, 0.15) is 103 Å². The summed E-state index contributed by atoms with van der Waals surface area (Å²) in [6.45, 7) is 1.39. The predicted molar refractivity (Wildman–Crippen MR) is 188 cm³/mol. The third-order valence-corrected chi connectivity index (χ3v) is 2.64. The first-order valence-electron chi connectivity index (χ1n) is 9.21. The molecule has 0 spiro atoms. The third kappa shape index (κ3) is 79.3. The van der Waals surface area contributed by atoms with E-state index in [0.29, 0.717) is 0 Å². The summed E-state index contributed by atoms with van der Waals surface area (Å²) in [6.07, 6.45) is -1.52. The standard InChI is InChI=1S/C11H18N2O8.C6H12N2O4.12CH4/c1-8(14)12-7-13-11(17)21-6-10(16)20-4-3-19-9(15)5-18-2;1-5(9)7-3-8-6(10)12-4-11-2;;;;;;;;;;;;/h3-7H2,1-2H3,(H,12,14)(H,13,17);3-4H2,1-2H3,(H,7,9)(H,8,10);12*1H4. The van der Waals surface area contributed by atoms with E-state index in [2.05, 4.69) is 49.7 Å². The van der Waals surface area contributed by atoms with E-state index in [-0.39, 0.29) is 141 Å². The number of hydrogen-bond donors (Lipinski definition) is 4. The average Bonchev–Trinajstić information content (AvgIpc) is 2.74. The molecule has 16 nitrogen and oxygen atoms in total. The van der Waals surface area contributed by atoms with E-state index < -0.39 is 30.7 Å². The second-order valence-corrected chi connectivity index (χ2v) is 5.46. The summed E-state index contributed by atoms with van der Waals surface area (Å²) in [5.41, 5.74) is 0. The Morgan fingerprint density at radius 2 is 0.778 bits per heavy atom. The van der Waals surface area contributed by atoms with Crippen molar-refractivity contribution in [1.29, 1.82) is 0 Å². The Morgan fingerprint density at radius 3 is 1.09 bits per heavy atom. The summed E-state index contributed by atoms with van der Waals surface area (Å²) >= 11 is 0. The third-order valence-electron chi connectivity index (χ3n) is 2.64. The van der Waals surface area contributed by atoms with Crippen molar-refractivity contribution in [1.82, 2.24) is 21.3 Å². The number of alkyl carbamates (subject to hydrolysis) is 2. The minimum atomic E-state index is -0.882. The Morgan fingerprint density at radius 1 is 0.444 bits per heavy atom. The van der Waals surface area contributed by atoms with E-state index in [0.717, 1.165) is 0 Å². The Balaban J connectivity index is -0.0000000301. The zero-order valence-electron chi connectivity index (χ0n) is 18.8. The van der Waals surface area contributed by atoms with Crippen molar-refractivity contribution < 1.29 is 57.2 Å². The topological polar surface area (TPSA) is 206 Å². The lowest BCUT2D eigenvalue weighted by Crippen LogP contribution is -2.37. The number of amides is 4. The number of esters is 2. The molecule has 0 rings (SSSR count). The van der Waals surface area contributed by atoms with Crippen LogP contribution in [0.4, 0.5) is 9.59 Å². The van der Waals surface area contributed by atoms with Crippen molar-refractivity contribution in [2.24, 2.45) is 0 Å². The van der Waals surface area contributed by atoms with Crippen LogP contribution in [-0.4, -0.2) is 96.7 Å². The predicted octanol–water partition coefficient (Wildman–Crippen LogP) is 5.58. The molecule has 0 aromatic heterocycles. The summed E-state index contributed by atoms with van der Waals surface area (Å²) < 4.78 is 27.2. The summed E-state index contributed by atoms with van der Waals surface area (Å²) in [7, 11) is 2.75. The Kier molecular flexibility index (Phi) is 127. The Labute approximate surface area is 278 Å². The first-order valence-corrected chi connectivity index (χ1v) is 9.21. The molecule has 4 N–H and O–H groups in total. The molecule has 0 saturated heterocycles. The number of hydrogen-bond acceptors (Lipinski definition) is 12. The van der Waals surface area contributed by atoms with Crippen LogP contribution < -0.4 is 21.3 Å². The van der Waals surface area contributed by atoms with Crippen LogP contribution in [0.2, 0.25) is 0 Å². The van der Waals surface area contributed by atoms with E-state index >= 15 is 0 Å². The van der Waals surface area contributed by atoms with E-state index in [1.165, 1.54) is 28.1 Å². The fourth-order valence-corrected chi connectivity index (χ4v) is 1.33. The van der Waals surface area contributed by atoms with Gasteiger partial charge in [0.25, 0.3) is 0 Å². The zero-order valence-corrected chi connectivity index (χ0v) is 18.8. The van der Waals surface area contributed by atoms with Gasteiger partial charge in [-0.1, -0.05) is 89.1 Å². The number of nitrogens with one attached hydrogen (secondary N) is 4. The van der Waals surface area contributed by atoms with Crippen molar-refractivity contribution in [3.8, 4) is 0 Å². The molecule has 0 saturated carbocycles. The smallest absolute Gasteiger partial charge is 0.410 e. The minimum absolute atomic E-state index is 0. The summed E-state index contributed by atoms with van der Waals surface area (Å²) in [4.78, 5) is 64.5. The fourth-order valence-electron chi connectivity index (χ4n) is 1.33. The minimum Gasteiger partial charge on any atom is -0.460 e. The average molecular weight is 675 g/mol. The van der Waals surface area contributed by atoms with Crippen LogP contribution >= 0.6 is 0 Å². The second-order valence-electron chi connectivity index (χ2n) is 5.46. The lowest BCUT2D eigenvalue weighted by atomic mass is 10.6. The molecule has 4 amide bonds. The molecule has 0 aliphatic rings. The maximum atomic E-state index is 11.1. The number of carbonyl (C=O) groups excluding carboxylic acids is 6. The second kappa shape index (κ2) is 63.6. The van der Waals surface area contributed by atoms with Gasteiger partial charge in [0.15, 0.2) is 13.4 Å². The molecular formula is C29H78N4O12. The maximum Gasteiger partial charge on any atom is 0.410 e. The number of carbonyl (C=O) groups is 6. The quantitative estimate of drug-likeness (QED) is 0.0817. The van der Waals surface area contributed by atoms with Crippen molar-refractivity contribution in [3.05, 3.63) is 0 Å². The molecule has 286 valence electrons. The van der Waals surface area contributed by atoms with Crippen molar-refractivity contribution >= 4 is 35.9 Å². The Bertz CT molecular complexity index is 638. The van der Waals surface area contributed by atoms with Crippen LogP contribution in [0.3, 0.4) is 0 Å². The van der Waals surface area contributed by atoms with E-state index in [9.17, 15) is 28.8 Å². The molecule has 0 radical (unpaired) electrons. The first-order chi connectivity index (χ1) is 15.6. The van der Waals surface area contributed by atoms with Gasteiger partial charge in [0.05, 0.1) is 13.3 Å². The molecule has 0 aromatic carbocycles. The van der Waals surface area contributed by atoms with Gasteiger partial charge < -0.3 is 49.7 Å². The van der Waals surface area contributed by atoms with Gasteiger partial charge >= 0.3 is 24.1 Å². The van der Waals surface area contributed by atoms with Gasteiger partial charge in [0.1, 0.15) is 19.8 Å². The molecule has 0 heterocycles. The lowest BCUT2D eigenvalue weighted by Gasteiger charge is -2.08. The monoisotopic (exact) mass is 675 g/mol. The van der Waals surface area contributed by atoms with E-state index in [1.807, 2.05) is 0 Å². The summed E-state index contributed by atoms with van der Waals surface area (Å²) in [5, 5.41) is 9.12. The van der Waals surface area contributed by atoms with Gasteiger partial charge in [-0.3, -0.25) is 9.59 Å². The molecule has 16 heteroatoms. The molecule has 45 heavy (non-hydrogen) atoms. The SMILES string of the molecule is C.C.C.C.C.C.C.C.C.C.C.C.COCC(=O)OCCOC(=O)COC(=O)NCNC(C)=O.COCOC(=O)NCNC(C)=O.